The lowest BCUT2D eigenvalue weighted by Crippen LogP contribution is -2.56. The number of nitrogen functional groups attached to an aromatic ring is 1. The third-order valence-electron chi connectivity index (χ3n) is 10.1. The first-order chi connectivity index (χ1) is 22.7. The highest BCUT2D eigenvalue weighted by molar-refractivity contribution is 7.87. The van der Waals surface area contributed by atoms with Crippen LogP contribution >= 0.6 is 0 Å². The van der Waals surface area contributed by atoms with Crippen molar-refractivity contribution < 1.29 is 35.5 Å². The number of nitrogens with zero attached hydrogens (tertiary/aromatic N) is 4. The molecule has 4 saturated heterocycles. The number of benzene rings is 1. The van der Waals surface area contributed by atoms with Gasteiger partial charge in [-0.05, 0) is 51.6 Å². The van der Waals surface area contributed by atoms with Crippen LogP contribution in [0.5, 0.6) is 6.01 Å². The van der Waals surface area contributed by atoms with Crippen LogP contribution in [0.2, 0.25) is 0 Å². The summed E-state index contributed by atoms with van der Waals surface area (Å²) in [5.74, 6) is 4.09. The number of hydrogen-bond donors (Lipinski definition) is 3. The van der Waals surface area contributed by atoms with Crippen LogP contribution in [0.4, 0.5) is 29.1 Å². The number of hydrogen-bond acceptors (Lipinski definition) is 9. The fourth-order valence-corrected chi connectivity index (χ4v) is 9.41. The molecule has 0 aliphatic carbocycles. The Hall–Kier alpha value is -3.49. The number of alkyl halides is 3. The molecule has 5 aliphatic heterocycles. The molecule has 1 spiro atoms. The fraction of sp³-hybridized carbons (Fsp3) is 0.562. The largest absolute Gasteiger partial charge is 0.461 e. The second-order valence-corrected chi connectivity index (χ2v) is 14.9. The van der Waals surface area contributed by atoms with Gasteiger partial charge in [-0.2, -0.15) is 36.3 Å². The lowest BCUT2D eigenvalue weighted by atomic mass is 9.89. The Morgan fingerprint density at radius 1 is 1.25 bits per heavy atom. The van der Waals surface area contributed by atoms with Gasteiger partial charge in [0.05, 0.1) is 40.7 Å². The number of aromatic nitrogens is 2. The van der Waals surface area contributed by atoms with E-state index in [1.807, 2.05) is 4.90 Å². The van der Waals surface area contributed by atoms with Gasteiger partial charge in [-0.25, -0.2) is 9.11 Å². The summed E-state index contributed by atoms with van der Waals surface area (Å²) in [5.41, 5.74) is 3.97. The molecule has 0 unspecified atom stereocenters. The molecule has 4 N–H and O–H groups in total. The Kier molecular flexibility index (Phi) is 8.14. The van der Waals surface area contributed by atoms with Crippen molar-refractivity contribution in [2.24, 2.45) is 0 Å². The van der Waals surface area contributed by atoms with Crippen molar-refractivity contribution in [1.82, 2.24) is 24.3 Å². The molecule has 6 heterocycles. The highest BCUT2D eigenvalue weighted by Crippen LogP contribution is 2.45. The Morgan fingerprint density at radius 2 is 2.04 bits per heavy atom. The van der Waals surface area contributed by atoms with Gasteiger partial charge in [0.1, 0.15) is 12.4 Å². The minimum atomic E-state index is -4.94. The van der Waals surface area contributed by atoms with E-state index >= 15 is 4.39 Å². The molecule has 0 amide bonds. The highest BCUT2D eigenvalue weighted by atomic mass is 32.2. The number of nitrogens with two attached hydrogens (primary N) is 1. The van der Waals surface area contributed by atoms with E-state index in [2.05, 4.69) is 37.7 Å². The average Bonchev–Trinajstić information content (AvgIpc) is 3.65. The van der Waals surface area contributed by atoms with Crippen molar-refractivity contribution in [3.63, 3.8) is 0 Å². The summed E-state index contributed by atoms with van der Waals surface area (Å²) in [6.07, 6.45) is -2.58. The predicted molar refractivity (Wildman–Crippen MR) is 169 cm³/mol. The number of nitrogens with one attached hydrogen (secondary N) is 2. The van der Waals surface area contributed by atoms with E-state index in [0.29, 0.717) is 43.1 Å². The lowest BCUT2D eigenvalue weighted by Gasteiger charge is -2.41. The number of ether oxygens (including phenoxy) is 2. The summed E-state index contributed by atoms with van der Waals surface area (Å²) < 4.78 is 101. The molecule has 16 heteroatoms. The van der Waals surface area contributed by atoms with Crippen LogP contribution < -0.4 is 24.8 Å². The Labute approximate surface area is 276 Å². The number of fused-ring (bicyclic) bond motifs is 2. The first-order valence-electron chi connectivity index (χ1n) is 15.9. The van der Waals surface area contributed by atoms with E-state index in [-0.39, 0.29) is 37.7 Å². The van der Waals surface area contributed by atoms with Gasteiger partial charge in [0, 0.05) is 49.3 Å². The molecule has 3 atom stereocenters. The molecule has 4 fully saturated rings. The van der Waals surface area contributed by atoms with E-state index in [1.54, 1.807) is 0 Å². The summed E-state index contributed by atoms with van der Waals surface area (Å²) in [4.78, 5) is 13.8. The normalized spacial score (nSPS) is 28.3. The summed E-state index contributed by atoms with van der Waals surface area (Å²) in [6, 6.07) is 0.928. The van der Waals surface area contributed by atoms with E-state index in [4.69, 9.17) is 20.2 Å². The molecule has 0 radical (unpaired) electrons. The topological polar surface area (TPSA) is 135 Å². The number of anilines is 2. The predicted octanol–water partition coefficient (Wildman–Crippen LogP) is 3.35. The monoisotopic (exact) mass is 691 g/mol. The molecule has 0 saturated carbocycles. The van der Waals surface area contributed by atoms with Gasteiger partial charge in [-0.15, -0.1) is 5.92 Å². The highest BCUT2D eigenvalue weighted by Gasteiger charge is 2.48. The molecule has 5 aliphatic rings. The zero-order valence-corrected chi connectivity index (χ0v) is 27.3. The van der Waals surface area contributed by atoms with Crippen LogP contribution in [0, 0.1) is 17.7 Å². The van der Waals surface area contributed by atoms with Crippen molar-refractivity contribution in [2.75, 3.05) is 50.0 Å². The average molecular weight is 692 g/mol. The SMILES string of the molecule is C=C1CN2CCC[C@]2(COc2nc3c(c(N4CCC[C@@]5(CNS(=O)(=O)N5)C4)n2)CO[C@@H](c2c(F)c(N)cc(C#CC)c2C(F)(F)F)C3)C1. The van der Waals surface area contributed by atoms with Crippen molar-refractivity contribution in [3.05, 3.63) is 52.0 Å². The standard InChI is InChI=1S/C32H37F4N7O4S/c1-3-6-20-11-22(37)27(33)25(26(20)32(34,35)36)24-12-23-21(15-46-24)28(42-9-4-7-30(17-42)16-38-48(44,45)41-30)40-29(39-23)47-18-31-8-5-10-43(31)14-19(2)13-31/h11,24,38,41H,2,4-5,7-10,12-18,37H2,1H3/t24-,30-,31-/m1/s1. The van der Waals surface area contributed by atoms with E-state index in [9.17, 15) is 21.6 Å². The maximum atomic E-state index is 15.6. The van der Waals surface area contributed by atoms with Gasteiger partial charge in [0.2, 0.25) is 0 Å². The van der Waals surface area contributed by atoms with Gasteiger partial charge in [0.15, 0.2) is 5.82 Å². The van der Waals surface area contributed by atoms with Gasteiger partial charge < -0.3 is 20.1 Å². The van der Waals surface area contributed by atoms with Crippen LogP contribution in [0.25, 0.3) is 0 Å². The second-order valence-electron chi connectivity index (χ2n) is 13.4. The number of rotatable bonds is 5. The first-order valence-corrected chi connectivity index (χ1v) is 17.4. The van der Waals surface area contributed by atoms with Crippen LogP contribution in [-0.4, -0.2) is 73.7 Å². The molecule has 48 heavy (non-hydrogen) atoms. The van der Waals surface area contributed by atoms with Crippen molar-refractivity contribution in [2.45, 2.75) is 75.4 Å². The molecule has 0 bridgehead atoms. The second kappa shape index (κ2) is 11.8. The van der Waals surface area contributed by atoms with Gasteiger partial charge >= 0.3 is 12.2 Å². The maximum Gasteiger partial charge on any atom is 0.418 e. The van der Waals surface area contributed by atoms with Crippen LogP contribution in [0.15, 0.2) is 18.2 Å². The first kappa shape index (κ1) is 33.0. The van der Waals surface area contributed by atoms with E-state index < -0.39 is 56.2 Å². The Morgan fingerprint density at radius 3 is 2.77 bits per heavy atom. The zero-order chi connectivity index (χ0) is 34.1. The summed E-state index contributed by atoms with van der Waals surface area (Å²) in [7, 11) is -3.65. The Bertz CT molecular complexity index is 1850. The molecule has 1 aromatic carbocycles. The summed E-state index contributed by atoms with van der Waals surface area (Å²) >= 11 is 0. The molecule has 7 rings (SSSR count). The fourth-order valence-electron chi connectivity index (χ4n) is 8.06. The smallest absolute Gasteiger partial charge is 0.418 e. The van der Waals surface area contributed by atoms with Gasteiger partial charge in [-0.3, -0.25) is 4.90 Å². The molecule has 258 valence electrons. The lowest BCUT2D eigenvalue weighted by molar-refractivity contribution is -0.140. The van der Waals surface area contributed by atoms with Crippen LogP contribution in [0.1, 0.15) is 73.1 Å². The van der Waals surface area contributed by atoms with E-state index in [1.165, 1.54) is 6.92 Å². The maximum absolute atomic E-state index is 15.6. The third-order valence-corrected chi connectivity index (χ3v) is 11.3. The molecule has 2 aromatic rings. The van der Waals surface area contributed by atoms with Crippen molar-refractivity contribution >= 4 is 21.7 Å². The summed E-state index contributed by atoms with van der Waals surface area (Å²) in [6.45, 7) is 8.36. The van der Waals surface area contributed by atoms with E-state index in [0.717, 1.165) is 44.0 Å². The van der Waals surface area contributed by atoms with Crippen molar-refractivity contribution in [1.29, 1.82) is 0 Å². The molecular formula is C32H37F4N7O4S. The Balaban J connectivity index is 1.28. The zero-order valence-electron chi connectivity index (χ0n) is 26.5. The minimum Gasteiger partial charge on any atom is -0.461 e. The third kappa shape index (κ3) is 5.89. The number of piperidine rings is 1. The molecule has 1 aromatic heterocycles. The quantitative estimate of drug-likeness (QED) is 0.187. The van der Waals surface area contributed by atoms with Crippen LogP contribution in [0.3, 0.4) is 0 Å². The molecular weight excluding hydrogens is 654 g/mol. The van der Waals surface area contributed by atoms with Gasteiger partial charge in [0.25, 0.3) is 10.2 Å². The molecule has 11 nitrogen and oxygen atoms in total. The van der Waals surface area contributed by atoms with Gasteiger partial charge in [-0.1, -0.05) is 18.1 Å². The van der Waals surface area contributed by atoms with Crippen molar-refractivity contribution in [3.8, 4) is 17.9 Å². The van der Waals surface area contributed by atoms with Crippen LogP contribution in [-0.2, 0) is 34.2 Å². The minimum absolute atomic E-state index is 0.0366. The number of halogens is 4. The summed E-state index contributed by atoms with van der Waals surface area (Å²) in [5, 5.41) is 0.